The van der Waals surface area contributed by atoms with Crippen molar-refractivity contribution >= 4 is 17.5 Å². The Morgan fingerprint density at radius 2 is 1.85 bits per heavy atom. The molecule has 0 aliphatic heterocycles. The van der Waals surface area contributed by atoms with E-state index in [1.54, 1.807) is 0 Å². The molecule has 7 heteroatoms. The summed E-state index contributed by atoms with van der Waals surface area (Å²) in [6.45, 7) is -1.16. The van der Waals surface area contributed by atoms with Gasteiger partial charge in [-0.1, -0.05) is 11.6 Å². The van der Waals surface area contributed by atoms with Crippen molar-refractivity contribution in [2.24, 2.45) is 0 Å². The van der Waals surface area contributed by atoms with E-state index in [1.807, 2.05) is 5.32 Å². The number of hydrogen-bond donors (Lipinski definition) is 1. The van der Waals surface area contributed by atoms with E-state index in [1.165, 1.54) is 12.4 Å². The van der Waals surface area contributed by atoms with E-state index < -0.39 is 12.7 Å². The van der Waals surface area contributed by atoms with Gasteiger partial charge in [0.2, 0.25) is 5.95 Å². The van der Waals surface area contributed by atoms with Crippen LogP contribution in [0.1, 0.15) is 0 Å². The van der Waals surface area contributed by atoms with Gasteiger partial charge in [0.15, 0.2) is 0 Å². The van der Waals surface area contributed by atoms with Gasteiger partial charge in [0.1, 0.15) is 6.54 Å². The van der Waals surface area contributed by atoms with Gasteiger partial charge in [0.05, 0.1) is 17.4 Å². The maximum Gasteiger partial charge on any atom is 0.405 e. The standard InChI is InChI=1S/C6H5ClF3N3/c7-4-1-11-5(12-2-4)13-3-6(8,9)10/h1-2H,3H2,(H,11,12,13). The van der Waals surface area contributed by atoms with Crippen LogP contribution >= 0.6 is 11.6 Å². The Morgan fingerprint density at radius 3 is 2.31 bits per heavy atom. The Bertz CT molecular complexity index is 271. The molecule has 1 aromatic heterocycles. The Balaban J connectivity index is 2.51. The van der Waals surface area contributed by atoms with Crippen LogP contribution in [0.3, 0.4) is 0 Å². The molecule has 0 saturated heterocycles. The Hall–Kier alpha value is -1.04. The van der Waals surface area contributed by atoms with Gasteiger partial charge in [0, 0.05) is 0 Å². The summed E-state index contributed by atoms with van der Waals surface area (Å²) in [6, 6.07) is 0. The first kappa shape index (κ1) is 10.0. The van der Waals surface area contributed by atoms with Gasteiger partial charge in [0.25, 0.3) is 0 Å². The fourth-order valence-electron chi connectivity index (χ4n) is 0.583. The summed E-state index contributed by atoms with van der Waals surface area (Å²) in [5.41, 5.74) is 0. The smallest absolute Gasteiger partial charge is 0.345 e. The lowest BCUT2D eigenvalue weighted by Gasteiger charge is -2.07. The fourth-order valence-corrected chi connectivity index (χ4v) is 0.680. The molecule has 1 rings (SSSR count). The van der Waals surface area contributed by atoms with Crippen LogP contribution in [-0.2, 0) is 0 Å². The second-order valence-corrected chi connectivity index (χ2v) is 2.63. The normalized spacial score (nSPS) is 11.4. The van der Waals surface area contributed by atoms with Crippen molar-refractivity contribution in [3.63, 3.8) is 0 Å². The third kappa shape index (κ3) is 3.93. The van der Waals surface area contributed by atoms with Crippen molar-refractivity contribution in [1.82, 2.24) is 9.97 Å². The molecule has 0 amide bonds. The molecule has 1 N–H and O–H groups in total. The highest BCUT2D eigenvalue weighted by molar-refractivity contribution is 6.30. The van der Waals surface area contributed by atoms with Gasteiger partial charge in [-0.25, -0.2) is 9.97 Å². The zero-order valence-corrected chi connectivity index (χ0v) is 7.02. The minimum atomic E-state index is -4.27. The Morgan fingerprint density at radius 1 is 1.31 bits per heavy atom. The van der Waals surface area contributed by atoms with Crippen molar-refractivity contribution in [2.45, 2.75) is 6.18 Å². The quantitative estimate of drug-likeness (QED) is 0.814. The van der Waals surface area contributed by atoms with Crippen LogP contribution in [0.2, 0.25) is 5.02 Å². The molecule has 0 saturated carbocycles. The minimum Gasteiger partial charge on any atom is -0.345 e. The van der Waals surface area contributed by atoms with Crippen LogP contribution < -0.4 is 5.32 Å². The van der Waals surface area contributed by atoms with Crippen molar-refractivity contribution in [3.05, 3.63) is 17.4 Å². The molecule has 1 heterocycles. The lowest BCUT2D eigenvalue weighted by Crippen LogP contribution is -2.22. The van der Waals surface area contributed by atoms with Crippen LogP contribution in [0.5, 0.6) is 0 Å². The van der Waals surface area contributed by atoms with Gasteiger partial charge < -0.3 is 5.32 Å². The van der Waals surface area contributed by atoms with Gasteiger partial charge >= 0.3 is 6.18 Å². The minimum absolute atomic E-state index is 0.0956. The van der Waals surface area contributed by atoms with E-state index >= 15 is 0 Å². The summed E-state index contributed by atoms with van der Waals surface area (Å²) in [5, 5.41) is 2.28. The van der Waals surface area contributed by atoms with Crippen molar-refractivity contribution in [3.8, 4) is 0 Å². The number of aromatic nitrogens is 2. The van der Waals surface area contributed by atoms with Gasteiger partial charge in [-0.05, 0) is 0 Å². The lowest BCUT2D eigenvalue weighted by molar-refractivity contribution is -0.115. The van der Waals surface area contributed by atoms with Gasteiger partial charge in [-0.3, -0.25) is 0 Å². The molecule has 0 aliphatic carbocycles. The van der Waals surface area contributed by atoms with E-state index in [0.717, 1.165) is 0 Å². The zero-order chi connectivity index (χ0) is 9.90. The van der Waals surface area contributed by atoms with Crippen LogP contribution in [0.15, 0.2) is 12.4 Å². The highest BCUT2D eigenvalue weighted by atomic mass is 35.5. The number of halogens is 4. The summed E-state index contributed by atoms with van der Waals surface area (Å²) in [4.78, 5) is 7.05. The predicted molar refractivity (Wildman–Crippen MR) is 41.6 cm³/mol. The van der Waals surface area contributed by atoms with E-state index in [0.29, 0.717) is 0 Å². The summed E-state index contributed by atoms with van der Waals surface area (Å²) in [5.74, 6) is -0.0956. The largest absolute Gasteiger partial charge is 0.405 e. The lowest BCUT2D eigenvalue weighted by atomic mass is 10.6. The molecule has 0 aliphatic rings. The molecular formula is C6H5ClF3N3. The molecule has 13 heavy (non-hydrogen) atoms. The summed E-state index contributed by atoms with van der Waals surface area (Å²) < 4.78 is 35.0. The number of nitrogens with one attached hydrogen (secondary N) is 1. The van der Waals surface area contributed by atoms with Crippen LogP contribution in [0.25, 0.3) is 0 Å². The topological polar surface area (TPSA) is 37.8 Å². The summed E-state index contributed by atoms with van der Waals surface area (Å²) in [7, 11) is 0. The average Bonchev–Trinajstić information content (AvgIpc) is 2.02. The SMILES string of the molecule is FC(F)(F)CNc1ncc(Cl)cn1. The molecule has 0 spiro atoms. The molecule has 72 valence electrons. The van der Waals surface area contributed by atoms with E-state index in [4.69, 9.17) is 11.6 Å². The fraction of sp³-hybridized carbons (Fsp3) is 0.333. The van der Waals surface area contributed by atoms with E-state index in [2.05, 4.69) is 9.97 Å². The number of alkyl halides is 3. The molecule has 0 unspecified atom stereocenters. The molecule has 0 aromatic carbocycles. The van der Waals surface area contributed by atoms with Crippen LogP contribution in [0, 0.1) is 0 Å². The van der Waals surface area contributed by atoms with Gasteiger partial charge in [-0.15, -0.1) is 0 Å². The first-order chi connectivity index (χ1) is 5.97. The first-order valence-electron chi connectivity index (χ1n) is 3.25. The molecule has 3 nitrogen and oxygen atoms in total. The molecule has 0 fully saturated rings. The first-order valence-corrected chi connectivity index (χ1v) is 3.63. The van der Waals surface area contributed by atoms with E-state index in [9.17, 15) is 13.2 Å². The van der Waals surface area contributed by atoms with Crippen molar-refractivity contribution < 1.29 is 13.2 Å². The summed E-state index contributed by atoms with van der Waals surface area (Å²) >= 11 is 5.43. The van der Waals surface area contributed by atoms with Crippen molar-refractivity contribution in [2.75, 3.05) is 11.9 Å². The van der Waals surface area contributed by atoms with Crippen LogP contribution in [-0.4, -0.2) is 22.7 Å². The molecule has 1 aromatic rings. The monoisotopic (exact) mass is 211 g/mol. The molecule has 0 bridgehead atoms. The maximum atomic E-state index is 11.7. The number of hydrogen-bond acceptors (Lipinski definition) is 3. The molecule has 0 radical (unpaired) electrons. The molecule has 0 atom stereocenters. The third-order valence-corrected chi connectivity index (χ3v) is 1.26. The van der Waals surface area contributed by atoms with Crippen molar-refractivity contribution in [1.29, 1.82) is 0 Å². The molecular weight excluding hydrogens is 207 g/mol. The maximum absolute atomic E-state index is 11.7. The second-order valence-electron chi connectivity index (χ2n) is 2.19. The Kier molecular flexibility index (Phi) is 2.92. The van der Waals surface area contributed by atoms with Gasteiger partial charge in [-0.2, -0.15) is 13.2 Å². The second kappa shape index (κ2) is 3.78. The number of anilines is 1. The zero-order valence-electron chi connectivity index (χ0n) is 6.27. The predicted octanol–water partition coefficient (Wildman–Crippen LogP) is 2.10. The van der Waals surface area contributed by atoms with Crippen LogP contribution in [0.4, 0.5) is 19.1 Å². The number of rotatable bonds is 2. The Labute approximate surface area is 77.0 Å². The highest BCUT2D eigenvalue weighted by Gasteiger charge is 2.26. The van der Waals surface area contributed by atoms with E-state index in [-0.39, 0.29) is 11.0 Å². The average molecular weight is 212 g/mol. The number of nitrogens with zero attached hydrogens (tertiary/aromatic N) is 2. The highest BCUT2D eigenvalue weighted by Crippen LogP contribution is 2.14. The third-order valence-electron chi connectivity index (χ3n) is 1.07. The summed E-state index contributed by atoms with van der Waals surface area (Å²) in [6.07, 6.45) is -1.84.